The summed E-state index contributed by atoms with van der Waals surface area (Å²) in [5.74, 6) is 0. The van der Waals surface area contributed by atoms with Crippen molar-refractivity contribution < 1.29 is 0 Å². The quantitative estimate of drug-likeness (QED) is 0.538. The van der Waals surface area contributed by atoms with Crippen molar-refractivity contribution in [1.82, 2.24) is 24.6 Å². The van der Waals surface area contributed by atoms with Gasteiger partial charge in [-0.2, -0.15) is 5.10 Å². The van der Waals surface area contributed by atoms with E-state index in [2.05, 4.69) is 20.1 Å². The molecule has 0 spiro atoms. The Morgan fingerprint density at radius 1 is 1.15 bits per heavy atom. The number of hydrogen-bond donors (Lipinski definition) is 0. The molecule has 0 saturated heterocycles. The first-order valence-electron chi connectivity index (χ1n) is 6.25. The summed E-state index contributed by atoms with van der Waals surface area (Å²) < 4.78 is 1.81. The van der Waals surface area contributed by atoms with Gasteiger partial charge in [0.15, 0.2) is 5.65 Å². The summed E-state index contributed by atoms with van der Waals surface area (Å²) in [6.45, 7) is 4.00. The largest absolute Gasteiger partial charge is 0.251 e. The Morgan fingerprint density at radius 2 is 2.05 bits per heavy atom. The highest BCUT2D eigenvalue weighted by atomic mass is 32.1. The summed E-state index contributed by atoms with van der Waals surface area (Å²) in [5.41, 5.74) is 5.45. The lowest BCUT2D eigenvalue weighted by Crippen LogP contribution is -1.98. The van der Waals surface area contributed by atoms with Gasteiger partial charge in [0.05, 0.1) is 23.6 Å². The highest BCUT2D eigenvalue weighted by Gasteiger charge is 2.09. The van der Waals surface area contributed by atoms with Gasteiger partial charge in [-0.3, -0.25) is 4.98 Å². The third-order valence-corrected chi connectivity index (χ3v) is 3.96. The molecule has 0 radical (unpaired) electrons. The molecule has 0 fully saturated rings. The van der Waals surface area contributed by atoms with Gasteiger partial charge in [0.1, 0.15) is 16.2 Å². The Kier molecular flexibility index (Phi) is 2.34. The lowest BCUT2D eigenvalue weighted by Gasteiger charge is -2.03. The zero-order chi connectivity index (χ0) is 13.7. The first-order chi connectivity index (χ1) is 9.70. The Hall–Kier alpha value is -2.34. The molecular formula is C14H11N5S. The van der Waals surface area contributed by atoms with Crippen LogP contribution in [0.3, 0.4) is 0 Å². The van der Waals surface area contributed by atoms with E-state index >= 15 is 0 Å². The van der Waals surface area contributed by atoms with Crippen LogP contribution in [0.1, 0.15) is 11.3 Å². The molecule has 4 heterocycles. The predicted octanol–water partition coefficient (Wildman–Crippen LogP) is 3.02. The summed E-state index contributed by atoms with van der Waals surface area (Å²) in [5, 5.41) is 6.57. The standard InChI is InChI=1S/C14H11N5S/c1-8-5-11(18-19-7-9(2)16-13(8)19)12-6-15-10-3-4-20-14(10)17-12/h3-7H,1-2H3. The van der Waals surface area contributed by atoms with Gasteiger partial charge in [-0.1, -0.05) is 0 Å². The van der Waals surface area contributed by atoms with Crippen LogP contribution in [-0.4, -0.2) is 24.6 Å². The fourth-order valence-electron chi connectivity index (χ4n) is 2.24. The second-order valence-corrected chi connectivity index (χ2v) is 5.62. The summed E-state index contributed by atoms with van der Waals surface area (Å²) in [6, 6.07) is 3.98. The number of nitrogens with zero attached hydrogens (tertiary/aromatic N) is 5. The average Bonchev–Trinajstić information content (AvgIpc) is 3.03. The van der Waals surface area contributed by atoms with E-state index in [1.54, 1.807) is 22.0 Å². The number of rotatable bonds is 1. The fourth-order valence-corrected chi connectivity index (χ4v) is 2.96. The van der Waals surface area contributed by atoms with Crippen LogP contribution in [0.15, 0.2) is 29.9 Å². The molecule has 0 aliphatic carbocycles. The van der Waals surface area contributed by atoms with Gasteiger partial charge in [-0.15, -0.1) is 11.3 Å². The predicted molar refractivity (Wildman–Crippen MR) is 78.9 cm³/mol. The number of thiophene rings is 1. The molecular weight excluding hydrogens is 270 g/mol. The highest BCUT2D eigenvalue weighted by Crippen LogP contribution is 2.22. The monoisotopic (exact) mass is 281 g/mol. The number of fused-ring (bicyclic) bond motifs is 2. The van der Waals surface area contributed by atoms with Crippen LogP contribution in [0.5, 0.6) is 0 Å². The Balaban J connectivity index is 1.96. The van der Waals surface area contributed by atoms with E-state index < -0.39 is 0 Å². The minimum absolute atomic E-state index is 0.788. The molecule has 0 amide bonds. The van der Waals surface area contributed by atoms with Gasteiger partial charge in [0.2, 0.25) is 0 Å². The Bertz CT molecular complexity index is 937. The van der Waals surface area contributed by atoms with Crippen molar-refractivity contribution in [3.8, 4) is 11.4 Å². The smallest absolute Gasteiger partial charge is 0.156 e. The normalized spacial score (nSPS) is 11.5. The van der Waals surface area contributed by atoms with Gasteiger partial charge < -0.3 is 0 Å². The van der Waals surface area contributed by atoms with E-state index in [0.717, 1.165) is 38.6 Å². The molecule has 0 aliphatic heterocycles. The minimum atomic E-state index is 0.788. The van der Waals surface area contributed by atoms with E-state index in [-0.39, 0.29) is 0 Å². The fraction of sp³-hybridized carbons (Fsp3) is 0.143. The molecule has 0 atom stereocenters. The second kappa shape index (κ2) is 4.08. The van der Waals surface area contributed by atoms with E-state index in [1.807, 2.05) is 37.6 Å². The number of imidazole rings is 1. The molecule has 0 aliphatic rings. The molecule has 5 nitrogen and oxygen atoms in total. The molecule has 0 unspecified atom stereocenters. The maximum atomic E-state index is 4.62. The molecule has 0 bridgehead atoms. The zero-order valence-electron chi connectivity index (χ0n) is 11.0. The van der Waals surface area contributed by atoms with Crippen LogP contribution in [0.25, 0.3) is 27.4 Å². The van der Waals surface area contributed by atoms with Crippen LogP contribution >= 0.6 is 11.3 Å². The van der Waals surface area contributed by atoms with Crippen molar-refractivity contribution in [2.75, 3.05) is 0 Å². The van der Waals surface area contributed by atoms with Gasteiger partial charge in [0.25, 0.3) is 0 Å². The molecule has 4 aromatic rings. The third kappa shape index (κ3) is 1.69. The first-order valence-corrected chi connectivity index (χ1v) is 7.13. The number of aryl methyl sites for hydroxylation is 2. The summed E-state index contributed by atoms with van der Waals surface area (Å²) in [6.07, 6.45) is 3.69. The van der Waals surface area contributed by atoms with E-state index in [1.165, 1.54) is 0 Å². The highest BCUT2D eigenvalue weighted by molar-refractivity contribution is 7.16. The van der Waals surface area contributed by atoms with Crippen LogP contribution in [0.2, 0.25) is 0 Å². The van der Waals surface area contributed by atoms with E-state index in [4.69, 9.17) is 0 Å². The molecule has 4 aromatic heterocycles. The molecule has 0 saturated carbocycles. The van der Waals surface area contributed by atoms with Crippen molar-refractivity contribution in [3.05, 3.63) is 41.2 Å². The molecule has 98 valence electrons. The van der Waals surface area contributed by atoms with E-state index in [0.29, 0.717) is 0 Å². The maximum absolute atomic E-state index is 4.62. The Morgan fingerprint density at radius 3 is 2.95 bits per heavy atom. The molecule has 0 N–H and O–H groups in total. The van der Waals surface area contributed by atoms with Crippen molar-refractivity contribution in [1.29, 1.82) is 0 Å². The summed E-state index contributed by atoms with van der Waals surface area (Å²) >= 11 is 1.59. The molecule has 6 heteroatoms. The lowest BCUT2D eigenvalue weighted by atomic mass is 10.2. The average molecular weight is 281 g/mol. The summed E-state index contributed by atoms with van der Waals surface area (Å²) in [4.78, 5) is 14.4. The topological polar surface area (TPSA) is 56.0 Å². The van der Waals surface area contributed by atoms with Gasteiger partial charge >= 0.3 is 0 Å². The van der Waals surface area contributed by atoms with Crippen molar-refractivity contribution in [2.45, 2.75) is 13.8 Å². The van der Waals surface area contributed by atoms with Gasteiger partial charge in [-0.05, 0) is 36.9 Å². The molecule has 0 aromatic carbocycles. The molecule has 20 heavy (non-hydrogen) atoms. The van der Waals surface area contributed by atoms with Crippen LogP contribution in [0.4, 0.5) is 0 Å². The SMILES string of the molecule is Cc1cn2nc(-c3cnc4ccsc4n3)cc(C)c2n1. The second-order valence-electron chi connectivity index (χ2n) is 4.73. The van der Waals surface area contributed by atoms with E-state index in [9.17, 15) is 0 Å². The van der Waals surface area contributed by atoms with Crippen molar-refractivity contribution in [3.63, 3.8) is 0 Å². The van der Waals surface area contributed by atoms with Crippen molar-refractivity contribution in [2.24, 2.45) is 0 Å². The number of aromatic nitrogens is 5. The van der Waals surface area contributed by atoms with Crippen LogP contribution < -0.4 is 0 Å². The van der Waals surface area contributed by atoms with Crippen molar-refractivity contribution >= 4 is 27.3 Å². The third-order valence-electron chi connectivity index (χ3n) is 3.16. The summed E-state index contributed by atoms with van der Waals surface area (Å²) in [7, 11) is 0. The maximum Gasteiger partial charge on any atom is 0.156 e. The first kappa shape index (κ1) is 11.5. The Labute approximate surface area is 119 Å². The molecule has 4 rings (SSSR count). The van der Waals surface area contributed by atoms with Crippen LogP contribution in [-0.2, 0) is 0 Å². The lowest BCUT2D eigenvalue weighted by molar-refractivity contribution is 0.928. The van der Waals surface area contributed by atoms with Gasteiger partial charge in [0, 0.05) is 0 Å². The van der Waals surface area contributed by atoms with Gasteiger partial charge in [-0.25, -0.2) is 14.5 Å². The zero-order valence-corrected chi connectivity index (χ0v) is 11.8. The van der Waals surface area contributed by atoms with Crippen LogP contribution in [0, 0.1) is 13.8 Å². The minimum Gasteiger partial charge on any atom is -0.251 e. The number of hydrogen-bond acceptors (Lipinski definition) is 5.